The van der Waals surface area contributed by atoms with Crippen LogP contribution in [0.25, 0.3) is 5.69 Å². The highest BCUT2D eigenvalue weighted by molar-refractivity contribution is 5.33. The van der Waals surface area contributed by atoms with Crippen molar-refractivity contribution in [3.63, 3.8) is 0 Å². The predicted octanol–water partition coefficient (Wildman–Crippen LogP) is 2.03. The number of hydrogen-bond donors (Lipinski definition) is 1. The summed E-state index contributed by atoms with van der Waals surface area (Å²) in [6.07, 6.45) is 1.66. The maximum absolute atomic E-state index is 13.0. The Morgan fingerprint density at radius 3 is 2.87 bits per heavy atom. The van der Waals surface area contributed by atoms with Crippen LogP contribution in [-0.2, 0) is 0 Å². The van der Waals surface area contributed by atoms with Crippen LogP contribution in [0.1, 0.15) is 18.7 Å². The Kier molecular flexibility index (Phi) is 2.51. The highest BCUT2D eigenvalue weighted by atomic mass is 19.1. The van der Waals surface area contributed by atoms with Crippen molar-refractivity contribution in [1.29, 1.82) is 0 Å². The SMILES string of the molecule is CC(N)c1ccnn1-c1cccc(F)c1. The number of rotatable bonds is 2. The van der Waals surface area contributed by atoms with Gasteiger partial charge in [-0.25, -0.2) is 9.07 Å². The maximum Gasteiger partial charge on any atom is 0.125 e. The van der Waals surface area contributed by atoms with Gasteiger partial charge >= 0.3 is 0 Å². The maximum atomic E-state index is 13.0. The van der Waals surface area contributed by atoms with Gasteiger partial charge in [-0.2, -0.15) is 5.10 Å². The molecule has 0 saturated heterocycles. The van der Waals surface area contributed by atoms with Crippen molar-refractivity contribution in [3.05, 3.63) is 48.0 Å². The van der Waals surface area contributed by atoms with Crippen LogP contribution in [-0.4, -0.2) is 9.78 Å². The normalized spacial score (nSPS) is 12.7. The summed E-state index contributed by atoms with van der Waals surface area (Å²) in [5, 5.41) is 4.12. The second kappa shape index (κ2) is 3.82. The molecule has 2 N–H and O–H groups in total. The monoisotopic (exact) mass is 205 g/mol. The van der Waals surface area contributed by atoms with Crippen LogP contribution in [0.2, 0.25) is 0 Å². The molecule has 1 unspecified atom stereocenters. The van der Waals surface area contributed by atoms with Crippen molar-refractivity contribution in [2.24, 2.45) is 5.73 Å². The zero-order valence-corrected chi connectivity index (χ0v) is 8.39. The molecule has 0 aliphatic rings. The Labute approximate surface area is 87.3 Å². The average Bonchev–Trinajstić information content (AvgIpc) is 2.65. The molecular formula is C11H12FN3. The number of aromatic nitrogens is 2. The molecule has 1 aromatic heterocycles. The van der Waals surface area contributed by atoms with Gasteiger partial charge in [-0.1, -0.05) is 6.07 Å². The lowest BCUT2D eigenvalue weighted by atomic mass is 10.2. The second-order valence-corrected chi connectivity index (χ2v) is 3.44. The highest BCUT2D eigenvalue weighted by Crippen LogP contribution is 2.15. The topological polar surface area (TPSA) is 43.8 Å². The van der Waals surface area contributed by atoms with Crippen LogP contribution in [0.3, 0.4) is 0 Å². The highest BCUT2D eigenvalue weighted by Gasteiger charge is 2.08. The van der Waals surface area contributed by atoms with Gasteiger partial charge in [0.05, 0.1) is 11.4 Å². The zero-order chi connectivity index (χ0) is 10.8. The molecule has 0 amide bonds. The summed E-state index contributed by atoms with van der Waals surface area (Å²) in [4.78, 5) is 0. The molecule has 2 aromatic rings. The van der Waals surface area contributed by atoms with E-state index in [2.05, 4.69) is 5.10 Å². The Morgan fingerprint density at radius 2 is 2.20 bits per heavy atom. The van der Waals surface area contributed by atoms with E-state index in [9.17, 15) is 4.39 Å². The van der Waals surface area contributed by atoms with Crippen LogP contribution >= 0.6 is 0 Å². The molecule has 0 fully saturated rings. The largest absolute Gasteiger partial charge is 0.323 e. The van der Waals surface area contributed by atoms with E-state index in [-0.39, 0.29) is 11.9 Å². The minimum atomic E-state index is -0.279. The molecule has 1 heterocycles. The number of halogens is 1. The first-order valence-electron chi connectivity index (χ1n) is 4.74. The Morgan fingerprint density at radius 1 is 1.40 bits per heavy atom. The van der Waals surface area contributed by atoms with E-state index in [1.165, 1.54) is 12.1 Å². The lowest BCUT2D eigenvalue weighted by Gasteiger charge is -2.09. The third-order valence-corrected chi connectivity index (χ3v) is 2.19. The minimum Gasteiger partial charge on any atom is -0.323 e. The molecule has 4 heteroatoms. The van der Waals surface area contributed by atoms with Crippen molar-refractivity contribution in [3.8, 4) is 5.69 Å². The van der Waals surface area contributed by atoms with Crippen molar-refractivity contribution >= 4 is 0 Å². The van der Waals surface area contributed by atoms with Gasteiger partial charge < -0.3 is 5.73 Å². The van der Waals surface area contributed by atoms with Gasteiger partial charge in [-0.05, 0) is 31.2 Å². The molecule has 0 bridgehead atoms. The molecule has 0 aliphatic carbocycles. The summed E-state index contributed by atoms with van der Waals surface area (Å²) >= 11 is 0. The smallest absolute Gasteiger partial charge is 0.125 e. The van der Waals surface area contributed by atoms with Crippen molar-refractivity contribution in [1.82, 2.24) is 9.78 Å². The molecule has 2 rings (SSSR count). The number of nitrogens with zero attached hydrogens (tertiary/aromatic N) is 2. The molecule has 0 radical (unpaired) electrons. The molecular weight excluding hydrogens is 193 g/mol. The van der Waals surface area contributed by atoms with Gasteiger partial charge in [0.1, 0.15) is 5.82 Å². The average molecular weight is 205 g/mol. The van der Waals surface area contributed by atoms with Gasteiger partial charge in [0.2, 0.25) is 0 Å². The summed E-state index contributed by atoms with van der Waals surface area (Å²) in [5.74, 6) is -0.279. The predicted molar refractivity (Wildman–Crippen MR) is 56.1 cm³/mol. The summed E-state index contributed by atoms with van der Waals surface area (Å²) in [5.41, 5.74) is 7.33. The molecule has 15 heavy (non-hydrogen) atoms. The summed E-state index contributed by atoms with van der Waals surface area (Å²) in [6.45, 7) is 1.87. The third kappa shape index (κ3) is 1.89. The summed E-state index contributed by atoms with van der Waals surface area (Å²) < 4.78 is 14.7. The fourth-order valence-corrected chi connectivity index (χ4v) is 1.48. The Hall–Kier alpha value is -1.68. The fraction of sp³-hybridized carbons (Fsp3) is 0.182. The zero-order valence-electron chi connectivity index (χ0n) is 8.39. The third-order valence-electron chi connectivity index (χ3n) is 2.19. The van der Waals surface area contributed by atoms with E-state index in [1.807, 2.05) is 13.0 Å². The van der Waals surface area contributed by atoms with E-state index in [0.717, 1.165) is 5.69 Å². The van der Waals surface area contributed by atoms with Gasteiger partial charge in [-0.15, -0.1) is 0 Å². The lowest BCUT2D eigenvalue weighted by Crippen LogP contribution is -2.12. The van der Waals surface area contributed by atoms with Crippen molar-refractivity contribution in [2.75, 3.05) is 0 Å². The van der Waals surface area contributed by atoms with Gasteiger partial charge in [0, 0.05) is 12.2 Å². The number of benzene rings is 1. The Balaban J connectivity index is 2.49. The molecule has 0 aliphatic heterocycles. The summed E-state index contributed by atoms with van der Waals surface area (Å²) in [7, 11) is 0. The Bertz CT molecular complexity index is 462. The molecule has 0 saturated carbocycles. The van der Waals surface area contributed by atoms with Crippen LogP contribution in [0, 0.1) is 5.82 Å². The van der Waals surface area contributed by atoms with E-state index >= 15 is 0 Å². The van der Waals surface area contributed by atoms with Crippen LogP contribution < -0.4 is 5.73 Å². The fourth-order valence-electron chi connectivity index (χ4n) is 1.48. The first-order chi connectivity index (χ1) is 7.18. The lowest BCUT2D eigenvalue weighted by molar-refractivity contribution is 0.623. The van der Waals surface area contributed by atoms with Gasteiger partial charge in [-0.3, -0.25) is 0 Å². The van der Waals surface area contributed by atoms with E-state index in [0.29, 0.717) is 5.69 Å². The van der Waals surface area contributed by atoms with Crippen LogP contribution in [0.4, 0.5) is 4.39 Å². The van der Waals surface area contributed by atoms with Crippen LogP contribution in [0.15, 0.2) is 36.5 Å². The number of hydrogen-bond acceptors (Lipinski definition) is 2. The first kappa shape index (κ1) is 9.86. The first-order valence-corrected chi connectivity index (χ1v) is 4.74. The number of nitrogens with two attached hydrogens (primary N) is 1. The van der Waals surface area contributed by atoms with Crippen molar-refractivity contribution in [2.45, 2.75) is 13.0 Å². The molecule has 0 spiro atoms. The minimum absolute atomic E-state index is 0.129. The van der Waals surface area contributed by atoms with E-state index < -0.39 is 0 Å². The molecule has 1 atom stereocenters. The standard InChI is InChI=1S/C11H12FN3/c1-8(13)11-5-6-14-15(11)10-4-2-3-9(12)7-10/h2-8H,13H2,1H3. The van der Waals surface area contributed by atoms with Crippen LogP contribution in [0.5, 0.6) is 0 Å². The second-order valence-electron chi connectivity index (χ2n) is 3.44. The van der Waals surface area contributed by atoms with Gasteiger partial charge in [0.15, 0.2) is 0 Å². The molecule has 1 aromatic carbocycles. The quantitative estimate of drug-likeness (QED) is 0.815. The summed E-state index contributed by atoms with van der Waals surface area (Å²) in [6, 6.07) is 7.97. The van der Waals surface area contributed by atoms with Crippen molar-refractivity contribution < 1.29 is 4.39 Å². The molecule has 3 nitrogen and oxygen atoms in total. The van der Waals surface area contributed by atoms with E-state index in [4.69, 9.17) is 5.73 Å². The molecule has 78 valence electrons. The van der Waals surface area contributed by atoms with Gasteiger partial charge in [0.25, 0.3) is 0 Å². The van der Waals surface area contributed by atoms with E-state index in [1.54, 1.807) is 23.0 Å².